The second-order valence-corrected chi connectivity index (χ2v) is 8.46. The van der Waals surface area contributed by atoms with Gasteiger partial charge in [0.2, 0.25) is 5.91 Å². The molecule has 2 fully saturated rings. The second kappa shape index (κ2) is 10.6. The molecule has 2 aliphatic rings. The Hall–Kier alpha value is -2.13. The van der Waals surface area contributed by atoms with E-state index in [1.807, 2.05) is 0 Å². The maximum atomic E-state index is 12.4. The Morgan fingerprint density at radius 2 is 1.38 bits per heavy atom. The molecule has 1 aliphatic carbocycles. The molecule has 0 unspecified atom stereocenters. The highest BCUT2D eigenvalue weighted by molar-refractivity contribution is 5.78. The Balaban J connectivity index is 0.00000240. The molecule has 3 nitrogen and oxygen atoms in total. The number of likely N-dealkylation sites (tertiary alicyclic amines) is 1. The molecule has 0 bridgehead atoms. The number of benzene rings is 2. The van der Waals surface area contributed by atoms with Crippen molar-refractivity contribution in [2.45, 2.75) is 57.9 Å². The van der Waals surface area contributed by atoms with Crippen molar-refractivity contribution < 1.29 is 4.79 Å². The summed E-state index contributed by atoms with van der Waals surface area (Å²) in [4.78, 5) is 14.7. The van der Waals surface area contributed by atoms with Crippen molar-refractivity contribution in [1.82, 2.24) is 10.2 Å². The van der Waals surface area contributed by atoms with E-state index in [9.17, 15) is 4.79 Å². The van der Waals surface area contributed by atoms with E-state index in [1.165, 1.54) is 24.0 Å². The molecule has 1 heterocycles. The van der Waals surface area contributed by atoms with Crippen molar-refractivity contribution in [2.75, 3.05) is 19.6 Å². The van der Waals surface area contributed by atoms with Crippen LogP contribution in [-0.2, 0) is 4.79 Å². The summed E-state index contributed by atoms with van der Waals surface area (Å²) in [5.41, 5.74) is 2.82. The van der Waals surface area contributed by atoms with Gasteiger partial charge in [-0.05, 0) is 55.8 Å². The summed E-state index contributed by atoms with van der Waals surface area (Å²) in [6, 6.07) is 22.2. The van der Waals surface area contributed by atoms with E-state index in [-0.39, 0.29) is 13.3 Å². The third-order valence-electron chi connectivity index (χ3n) is 6.51. The van der Waals surface area contributed by atoms with Crippen LogP contribution < -0.4 is 5.32 Å². The molecule has 3 heteroatoms. The van der Waals surface area contributed by atoms with Crippen LogP contribution in [0.2, 0.25) is 0 Å². The van der Waals surface area contributed by atoms with Gasteiger partial charge in [-0.25, -0.2) is 0 Å². The number of nitrogens with zero attached hydrogens (tertiary/aromatic N) is 1. The Bertz CT molecular complexity index is 692. The number of hydrogen-bond acceptors (Lipinski definition) is 2. The van der Waals surface area contributed by atoms with Gasteiger partial charge in [-0.2, -0.15) is 0 Å². The number of carbonyl (C=O) groups excluding carboxylic acids is 1. The van der Waals surface area contributed by atoms with Crippen molar-refractivity contribution >= 4 is 5.91 Å². The van der Waals surface area contributed by atoms with Gasteiger partial charge in [0.15, 0.2) is 0 Å². The molecule has 0 atom stereocenters. The van der Waals surface area contributed by atoms with Crippen molar-refractivity contribution in [3.63, 3.8) is 0 Å². The number of hydrogen-bond donors (Lipinski definition) is 1. The van der Waals surface area contributed by atoms with Crippen molar-refractivity contribution in [1.29, 1.82) is 0 Å². The second-order valence-electron chi connectivity index (χ2n) is 8.46. The number of amides is 1. The number of carbonyl (C=O) groups is 1. The summed E-state index contributed by atoms with van der Waals surface area (Å²) in [7, 11) is 0. The van der Waals surface area contributed by atoms with Crippen LogP contribution in [0, 0.1) is 5.92 Å². The molecule has 1 saturated carbocycles. The Morgan fingerprint density at radius 1 is 0.862 bits per heavy atom. The summed E-state index contributed by atoms with van der Waals surface area (Å²) in [6.07, 6.45) is 7.12. The topological polar surface area (TPSA) is 32.3 Å². The van der Waals surface area contributed by atoms with E-state index in [4.69, 9.17) is 0 Å². The lowest BCUT2D eigenvalue weighted by atomic mass is 9.76. The molecular weight excluding hydrogens is 356 g/mol. The van der Waals surface area contributed by atoms with E-state index < -0.39 is 0 Å². The van der Waals surface area contributed by atoms with E-state index in [0.717, 1.165) is 38.8 Å². The highest BCUT2D eigenvalue weighted by Gasteiger charge is 2.29. The van der Waals surface area contributed by atoms with Gasteiger partial charge in [0.1, 0.15) is 0 Å². The molecular formula is C26H36N2O. The standard InChI is InChI=1S/C25H32N2O.CH4/c28-24(26-23-13-7-8-14-23)19-27-17-15-22(16-18-27)25(20-9-3-1-4-10-20)21-11-5-2-6-12-21;/h1-6,9-12,22-23,25H,7-8,13-19H2,(H,26,28);1H4. The van der Waals surface area contributed by atoms with Crippen LogP contribution in [0.25, 0.3) is 0 Å². The Morgan fingerprint density at radius 3 is 1.90 bits per heavy atom. The van der Waals surface area contributed by atoms with Crippen molar-refractivity contribution in [2.24, 2.45) is 5.92 Å². The monoisotopic (exact) mass is 392 g/mol. The van der Waals surface area contributed by atoms with Gasteiger partial charge in [-0.1, -0.05) is 80.9 Å². The zero-order valence-electron chi connectivity index (χ0n) is 16.7. The molecule has 1 saturated heterocycles. The molecule has 0 spiro atoms. The van der Waals surface area contributed by atoms with Gasteiger partial charge in [0.25, 0.3) is 0 Å². The van der Waals surface area contributed by atoms with Crippen LogP contribution in [0.15, 0.2) is 60.7 Å². The Labute approximate surface area is 176 Å². The molecule has 4 rings (SSSR count). The molecule has 0 radical (unpaired) electrons. The van der Waals surface area contributed by atoms with Crippen LogP contribution in [-0.4, -0.2) is 36.5 Å². The molecule has 1 N–H and O–H groups in total. The first-order chi connectivity index (χ1) is 13.8. The number of nitrogens with one attached hydrogen (secondary N) is 1. The normalized spacial score (nSPS) is 18.5. The average Bonchev–Trinajstić information content (AvgIpc) is 3.24. The quantitative estimate of drug-likeness (QED) is 0.730. The molecule has 2 aromatic rings. The minimum absolute atomic E-state index is 0. The molecule has 29 heavy (non-hydrogen) atoms. The first-order valence-corrected chi connectivity index (χ1v) is 10.9. The molecule has 1 amide bonds. The summed E-state index contributed by atoms with van der Waals surface area (Å²) in [5.74, 6) is 1.28. The summed E-state index contributed by atoms with van der Waals surface area (Å²) >= 11 is 0. The molecule has 0 aromatic heterocycles. The van der Waals surface area contributed by atoms with Crippen LogP contribution in [0.1, 0.15) is 63.0 Å². The van der Waals surface area contributed by atoms with E-state index >= 15 is 0 Å². The van der Waals surface area contributed by atoms with Gasteiger partial charge < -0.3 is 5.32 Å². The smallest absolute Gasteiger partial charge is 0.234 e. The fraction of sp³-hybridized carbons (Fsp3) is 0.500. The predicted molar refractivity (Wildman–Crippen MR) is 121 cm³/mol. The summed E-state index contributed by atoms with van der Waals surface area (Å²) < 4.78 is 0. The lowest BCUT2D eigenvalue weighted by molar-refractivity contribution is -0.123. The third kappa shape index (κ3) is 5.70. The predicted octanol–water partition coefficient (Wildman–Crippen LogP) is 5.23. The first kappa shape index (κ1) is 21.6. The zero-order chi connectivity index (χ0) is 19.2. The minimum atomic E-state index is 0. The largest absolute Gasteiger partial charge is 0.352 e. The van der Waals surface area contributed by atoms with Crippen LogP contribution in [0.3, 0.4) is 0 Å². The SMILES string of the molecule is C.O=C(CN1CCC(C(c2ccccc2)c2ccccc2)CC1)NC1CCCC1. The fourth-order valence-corrected chi connectivity index (χ4v) is 5.05. The zero-order valence-corrected chi connectivity index (χ0v) is 16.7. The van der Waals surface area contributed by atoms with Gasteiger partial charge in [-0.3, -0.25) is 9.69 Å². The van der Waals surface area contributed by atoms with Gasteiger partial charge in [0, 0.05) is 12.0 Å². The number of piperidine rings is 1. The minimum Gasteiger partial charge on any atom is -0.352 e. The van der Waals surface area contributed by atoms with E-state index in [0.29, 0.717) is 24.4 Å². The highest BCUT2D eigenvalue weighted by atomic mass is 16.2. The third-order valence-corrected chi connectivity index (χ3v) is 6.51. The summed E-state index contributed by atoms with van der Waals surface area (Å²) in [6.45, 7) is 2.59. The molecule has 156 valence electrons. The first-order valence-electron chi connectivity index (χ1n) is 10.9. The van der Waals surface area contributed by atoms with E-state index in [1.54, 1.807) is 0 Å². The number of rotatable bonds is 6. The van der Waals surface area contributed by atoms with Crippen molar-refractivity contribution in [3.05, 3.63) is 71.8 Å². The fourth-order valence-electron chi connectivity index (χ4n) is 5.05. The van der Waals surface area contributed by atoms with Crippen LogP contribution in [0.5, 0.6) is 0 Å². The van der Waals surface area contributed by atoms with Gasteiger partial charge >= 0.3 is 0 Å². The van der Waals surface area contributed by atoms with Crippen LogP contribution in [0.4, 0.5) is 0 Å². The van der Waals surface area contributed by atoms with E-state index in [2.05, 4.69) is 70.9 Å². The van der Waals surface area contributed by atoms with Gasteiger partial charge in [-0.15, -0.1) is 0 Å². The maximum absolute atomic E-state index is 12.4. The lowest BCUT2D eigenvalue weighted by Gasteiger charge is -2.36. The highest BCUT2D eigenvalue weighted by Crippen LogP contribution is 2.37. The summed E-state index contributed by atoms with van der Waals surface area (Å²) in [5, 5.41) is 3.23. The molecule has 1 aliphatic heterocycles. The average molecular weight is 393 g/mol. The molecule has 2 aromatic carbocycles. The maximum Gasteiger partial charge on any atom is 0.234 e. The van der Waals surface area contributed by atoms with Crippen LogP contribution >= 0.6 is 0 Å². The Kier molecular flexibility index (Phi) is 7.88. The van der Waals surface area contributed by atoms with Gasteiger partial charge in [0.05, 0.1) is 6.54 Å². The van der Waals surface area contributed by atoms with Crippen molar-refractivity contribution in [3.8, 4) is 0 Å². The lowest BCUT2D eigenvalue weighted by Crippen LogP contribution is -2.44.